The number of hydrogen-bond acceptors (Lipinski definition) is 4. The van der Waals surface area contributed by atoms with Crippen molar-refractivity contribution in [2.24, 2.45) is 17.3 Å². The summed E-state index contributed by atoms with van der Waals surface area (Å²) in [6.07, 6.45) is 11.8. The minimum Gasteiger partial charge on any atom is -0.481 e. The molecule has 0 heterocycles. The van der Waals surface area contributed by atoms with Crippen molar-refractivity contribution in [1.29, 1.82) is 0 Å². The highest BCUT2D eigenvalue weighted by atomic mass is 16.4. The van der Waals surface area contributed by atoms with E-state index < -0.39 is 23.6 Å². The summed E-state index contributed by atoms with van der Waals surface area (Å²) in [6.45, 7) is 5.66. The second-order valence-electron chi connectivity index (χ2n) is 8.16. The fourth-order valence-electron chi connectivity index (χ4n) is 3.69. The summed E-state index contributed by atoms with van der Waals surface area (Å²) in [5, 5.41) is 29.4. The quantitative estimate of drug-likeness (QED) is 0.353. The molecule has 154 valence electrons. The lowest BCUT2D eigenvalue weighted by atomic mass is 9.86. The van der Waals surface area contributed by atoms with Crippen LogP contribution >= 0.6 is 0 Å². The van der Waals surface area contributed by atoms with Crippen LogP contribution in [-0.4, -0.2) is 39.3 Å². The molecule has 1 rings (SSSR count). The van der Waals surface area contributed by atoms with E-state index in [0.717, 1.165) is 19.3 Å². The Hall–Kier alpha value is -1.46. The first-order valence-corrected chi connectivity index (χ1v) is 10.2. The molecule has 0 radical (unpaired) electrons. The number of allylic oxidation sites excluding steroid dienone is 2. The van der Waals surface area contributed by atoms with Crippen molar-refractivity contribution >= 4 is 11.8 Å². The number of Topliss-reactive ketones (excluding diaryl/α,β-unsaturated/α-hetero) is 1. The molecule has 0 saturated heterocycles. The zero-order chi connectivity index (χ0) is 20.4. The predicted molar refractivity (Wildman–Crippen MR) is 106 cm³/mol. The van der Waals surface area contributed by atoms with E-state index in [4.69, 9.17) is 5.11 Å². The van der Waals surface area contributed by atoms with E-state index in [-0.39, 0.29) is 24.0 Å². The molecule has 1 fully saturated rings. The van der Waals surface area contributed by atoms with Gasteiger partial charge in [0.05, 0.1) is 17.6 Å². The highest BCUT2D eigenvalue weighted by Gasteiger charge is 2.52. The van der Waals surface area contributed by atoms with E-state index in [1.165, 1.54) is 0 Å². The van der Waals surface area contributed by atoms with Crippen LogP contribution in [0.15, 0.2) is 24.3 Å². The fraction of sp³-hybridized carbons (Fsp3) is 0.727. The second-order valence-corrected chi connectivity index (χ2v) is 8.16. The van der Waals surface area contributed by atoms with Crippen LogP contribution in [0.5, 0.6) is 0 Å². The Morgan fingerprint density at radius 3 is 2.56 bits per heavy atom. The molecular weight excluding hydrogens is 344 g/mol. The number of aliphatic hydroxyl groups is 2. The summed E-state index contributed by atoms with van der Waals surface area (Å²) < 4.78 is 0. The molecule has 27 heavy (non-hydrogen) atoms. The number of carboxylic acids is 1. The lowest BCUT2D eigenvalue weighted by molar-refractivity contribution is -0.137. The maximum absolute atomic E-state index is 12.7. The van der Waals surface area contributed by atoms with Crippen molar-refractivity contribution in [3.63, 3.8) is 0 Å². The molecule has 4 unspecified atom stereocenters. The van der Waals surface area contributed by atoms with Gasteiger partial charge in [-0.15, -0.1) is 0 Å². The summed E-state index contributed by atoms with van der Waals surface area (Å²) in [7, 11) is 0. The normalized spacial score (nSPS) is 26.3. The number of carbonyl (C=O) groups is 2. The van der Waals surface area contributed by atoms with Crippen LogP contribution in [0.4, 0.5) is 0 Å². The van der Waals surface area contributed by atoms with Crippen LogP contribution in [0.3, 0.4) is 0 Å². The summed E-state index contributed by atoms with van der Waals surface area (Å²) in [5.74, 6) is -1.39. The number of unbranched alkanes of at least 4 members (excludes halogenated alkanes) is 3. The number of aliphatic carboxylic acids is 1. The van der Waals surface area contributed by atoms with Crippen LogP contribution in [-0.2, 0) is 9.59 Å². The summed E-state index contributed by atoms with van der Waals surface area (Å²) >= 11 is 0. The van der Waals surface area contributed by atoms with Crippen molar-refractivity contribution in [2.75, 3.05) is 0 Å². The summed E-state index contributed by atoms with van der Waals surface area (Å²) in [6, 6.07) is 0. The zero-order valence-corrected chi connectivity index (χ0v) is 16.9. The van der Waals surface area contributed by atoms with Gasteiger partial charge in [-0.1, -0.05) is 64.3 Å². The number of carbonyl (C=O) groups excluding carboxylic acids is 1. The van der Waals surface area contributed by atoms with Crippen LogP contribution < -0.4 is 0 Å². The molecule has 1 aliphatic rings. The van der Waals surface area contributed by atoms with Gasteiger partial charge in [0.25, 0.3) is 0 Å². The van der Waals surface area contributed by atoms with Gasteiger partial charge in [-0.05, 0) is 25.7 Å². The second kappa shape index (κ2) is 11.4. The molecule has 5 heteroatoms. The Morgan fingerprint density at radius 1 is 1.22 bits per heavy atom. The zero-order valence-electron chi connectivity index (χ0n) is 16.9. The average Bonchev–Trinajstić information content (AvgIpc) is 2.76. The van der Waals surface area contributed by atoms with E-state index >= 15 is 0 Å². The van der Waals surface area contributed by atoms with Gasteiger partial charge in [-0.2, -0.15) is 0 Å². The molecule has 0 aliphatic heterocycles. The maximum atomic E-state index is 12.7. The molecule has 5 nitrogen and oxygen atoms in total. The molecule has 1 saturated carbocycles. The minimum atomic E-state index is -0.804. The first kappa shape index (κ1) is 23.6. The Balaban J connectivity index is 2.69. The third-order valence-electron chi connectivity index (χ3n) is 5.52. The highest BCUT2D eigenvalue weighted by molar-refractivity contribution is 5.90. The Bertz CT molecular complexity index is 535. The van der Waals surface area contributed by atoms with E-state index in [1.54, 1.807) is 19.9 Å². The van der Waals surface area contributed by atoms with Crippen LogP contribution in [0.2, 0.25) is 0 Å². The maximum Gasteiger partial charge on any atom is 0.303 e. The number of aliphatic hydroxyl groups excluding tert-OH is 2. The van der Waals surface area contributed by atoms with Crippen LogP contribution in [0.1, 0.15) is 72.1 Å². The molecular formula is C22H36O5. The fourth-order valence-corrected chi connectivity index (χ4v) is 3.69. The van der Waals surface area contributed by atoms with E-state index in [9.17, 15) is 19.8 Å². The lowest BCUT2D eigenvalue weighted by Gasteiger charge is -2.22. The standard InChI is InChI=1S/C22H36O5/c1-4-5-8-11-16(23)14-15-18-17(20(26)22(2,3)21(18)27)12-9-6-7-10-13-19(24)25/h6,9,14-18,21,23,27H,4-5,7-8,10-13H2,1-3H3,(H,24,25)/b9-6+,15-14+. The molecule has 1 aliphatic carbocycles. The van der Waals surface area contributed by atoms with Crippen molar-refractivity contribution in [3.05, 3.63) is 24.3 Å². The molecule has 0 aromatic carbocycles. The van der Waals surface area contributed by atoms with Gasteiger partial charge in [0, 0.05) is 18.3 Å². The van der Waals surface area contributed by atoms with Crippen LogP contribution in [0.25, 0.3) is 0 Å². The Labute approximate surface area is 163 Å². The van der Waals surface area contributed by atoms with Crippen molar-refractivity contribution in [2.45, 2.75) is 84.3 Å². The third-order valence-corrected chi connectivity index (χ3v) is 5.52. The Kier molecular flexibility index (Phi) is 9.95. The molecule has 4 atom stereocenters. The first-order valence-electron chi connectivity index (χ1n) is 10.2. The Morgan fingerprint density at radius 2 is 1.93 bits per heavy atom. The van der Waals surface area contributed by atoms with Crippen molar-refractivity contribution in [3.8, 4) is 0 Å². The number of ketones is 1. The number of rotatable bonds is 12. The lowest BCUT2D eigenvalue weighted by Crippen LogP contribution is -2.31. The van der Waals surface area contributed by atoms with Gasteiger partial charge in [0.1, 0.15) is 5.78 Å². The number of hydrogen-bond donors (Lipinski definition) is 3. The van der Waals surface area contributed by atoms with Gasteiger partial charge in [0.15, 0.2) is 0 Å². The number of carboxylic acid groups (broad SMARTS) is 1. The van der Waals surface area contributed by atoms with Gasteiger partial charge in [-0.3, -0.25) is 9.59 Å². The molecule has 0 bridgehead atoms. The SMILES string of the molecule is CCCCCC(O)/C=C/C1C(C/C=C/CCCC(=O)O)C(=O)C(C)(C)C1O. The first-order chi connectivity index (χ1) is 12.7. The van der Waals surface area contributed by atoms with Gasteiger partial charge >= 0.3 is 5.97 Å². The monoisotopic (exact) mass is 380 g/mol. The van der Waals surface area contributed by atoms with Crippen molar-refractivity contribution < 1.29 is 24.9 Å². The third kappa shape index (κ3) is 7.23. The largest absolute Gasteiger partial charge is 0.481 e. The van der Waals surface area contributed by atoms with Gasteiger partial charge < -0.3 is 15.3 Å². The molecule has 0 spiro atoms. The molecule has 0 aromatic heterocycles. The topological polar surface area (TPSA) is 94.8 Å². The molecule has 0 amide bonds. The molecule has 0 aromatic rings. The predicted octanol–water partition coefficient (Wildman–Crippen LogP) is 3.89. The minimum absolute atomic E-state index is 0.0420. The van der Waals surface area contributed by atoms with E-state index in [2.05, 4.69) is 6.92 Å². The average molecular weight is 381 g/mol. The summed E-state index contributed by atoms with van der Waals surface area (Å²) in [5.41, 5.74) is -0.802. The van der Waals surface area contributed by atoms with Crippen LogP contribution in [0, 0.1) is 17.3 Å². The van der Waals surface area contributed by atoms with Gasteiger partial charge in [0.2, 0.25) is 0 Å². The summed E-state index contributed by atoms with van der Waals surface area (Å²) in [4.78, 5) is 23.3. The van der Waals surface area contributed by atoms with E-state index in [0.29, 0.717) is 25.7 Å². The highest BCUT2D eigenvalue weighted by Crippen LogP contribution is 2.44. The van der Waals surface area contributed by atoms with Crippen molar-refractivity contribution in [1.82, 2.24) is 0 Å². The van der Waals surface area contributed by atoms with E-state index in [1.807, 2.05) is 18.2 Å². The van der Waals surface area contributed by atoms with Gasteiger partial charge in [-0.25, -0.2) is 0 Å². The molecule has 3 N–H and O–H groups in total. The smallest absolute Gasteiger partial charge is 0.303 e.